The van der Waals surface area contributed by atoms with Gasteiger partial charge in [-0.25, -0.2) is 9.67 Å². The fraction of sp³-hybridized carbons (Fsp3) is 0.667. The number of aromatic nitrogens is 3. The molecule has 1 unspecified atom stereocenters. The minimum absolute atomic E-state index is 0. The van der Waals surface area contributed by atoms with Gasteiger partial charge < -0.3 is 5.11 Å². The topological polar surface area (TPSA) is 68.0 Å². The van der Waals surface area contributed by atoms with E-state index in [1.807, 2.05) is 6.92 Å². The fourth-order valence-electron chi connectivity index (χ4n) is 1.71. The summed E-state index contributed by atoms with van der Waals surface area (Å²) in [5, 5.41) is 13.1. The zero-order valence-corrected chi connectivity index (χ0v) is 9.33. The molecular formula is C9H14ClN3O2. The Kier molecular flexibility index (Phi) is 3.68. The van der Waals surface area contributed by atoms with Crippen molar-refractivity contribution in [3.63, 3.8) is 0 Å². The van der Waals surface area contributed by atoms with Crippen molar-refractivity contribution in [1.29, 1.82) is 0 Å². The molecule has 1 N–H and O–H groups in total. The van der Waals surface area contributed by atoms with Crippen molar-refractivity contribution in [1.82, 2.24) is 14.8 Å². The van der Waals surface area contributed by atoms with Gasteiger partial charge in [0, 0.05) is 12.8 Å². The van der Waals surface area contributed by atoms with E-state index in [2.05, 4.69) is 10.1 Å². The number of hydrogen-bond donors (Lipinski definition) is 1. The molecule has 0 saturated heterocycles. The normalized spacial score (nSPS) is 19.1. The highest BCUT2D eigenvalue weighted by Gasteiger charge is 2.25. The fourth-order valence-corrected chi connectivity index (χ4v) is 1.71. The maximum absolute atomic E-state index is 10.8. The number of rotatable bonds is 2. The Morgan fingerprint density at radius 2 is 2.40 bits per heavy atom. The van der Waals surface area contributed by atoms with Gasteiger partial charge in [0.25, 0.3) is 0 Å². The lowest BCUT2D eigenvalue weighted by atomic mass is 10.0. The lowest BCUT2D eigenvalue weighted by Crippen LogP contribution is -2.27. The molecule has 1 atom stereocenters. The maximum atomic E-state index is 10.8. The van der Waals surface area contributed by atoms with Crippen molar-refractivity contribution in [2.75, 3.05) is 0 Å². The summed E-state index contributed by atoms with van der Waals surface area (Å²) in [7, 11) is 0. The average Bonchev–Trinajstić information content (AvgIpc) is 2.58. The third-order valence-corrected chi connectivity index (χ3v) is 2.57. The smallest absolute Gasteiger partial charge is 0.308 e. The van der Waals surface area contributed by atoms with E-state index in [4.69, 9.17) is 5.11 Å². The van der Waals surface area contributed by atoms with Gasteiger partial charge in [0.15, 0.2) is 5.82 Å². The van der Waals surface area contributed by atoms with Gasteiger partial charge in [0.2, 0.25) is 0 Å². The van der Waals surface area contributed by atoms with E-state index < -0.39 is 5.97 Å². The van der Waals surface area contributed by atoms with Crippen molar-refractivity contribution in [3.8, 4) is 0 Å². The summed E-state index contributed by atoms with van der Waals surface area (Å²) in [6, 6.07) is 0. The Labute approximate surface area is 93.9 Å². The largest absolute Gasteiger partial charge is 0.481 e. The molecule has 1 aromatic rings. The quantitative estimate of drug-likeness (QED) is 0.822. The average molecular weight is 232 g/mol. The van der Waals surface area contributed by atoms with E-state index in [9.17, 15) is 4.79 Å². The molecule has 1 aromatic heterocycles. The molecule has 1 aliphatic heterocycles. The van der Waals surface area contributed by atoms with Gasteiger partial charge in [-0.05, 0) is 6.42 Å². The molecule has 0 saturated carbocycles. The van der Waals surface area contributed by atoms with Crippen molar-refractivity contribution in [2.45, 2.75) is 32.7 Å². The third kappa shape index (κ3) is 2.28. The second-order valence-electron chi connectivity index (χ2n) is 3.55. The first-order valence-corrected chi connectivity index (χ1v) is 4.86. The first-order valence-electron chi connectivity index (χ1n) is 4.86. The lowest BCUT2D eigenvalue weighted by molar-refractivity contribution is -0.142. The van der Waals surface area contributed by atoms with Crippen LogP contribution < -0.4 is 0 Å². The van der Waals surface area contributed by atoms with Crippen LogP contribution in [0.3, 0.4) is 0 Å². The lowest BCUT2D eigenvalue weighted by Gasteiger charge is -2.18. The van der Waals surface area contributed by atoms with Crippen LogP contribution in [-0.4, -0.2) is 25.8 Å². The van der Waals surface area contributed by atoms with Gasteiger partial charge in [-0.3, -0.25) is 4.79 Å². The minimum atomic E-state index is -0.732. The number of carbonyl (C=O) groups is 1. The van der Waals surface area contributed by atoms with E-state index in [1.54, 1.807) is 4.68 Å². The number of hydrogen-bond acceptors (Lipinski definition) is 3. The van der Waals surface area contributed by atoms with E-state index in [0.717, 1.165) is 24.5 Å². The molecule has 2 heterocycles. The standard InChI is InChI=1S/C9H13N3O2.ClH/c1-2-7-10-8-4-3-6(9(13)14)5-12(8)11-7;/h6H,2-5H2,1H3,(H,13,14);1H. The summed E-state index contributed by atoms with van der Waals surface area (Å²) in [4.78, 5) is 15.1. The molecule has 5 nitrogen and oxygen atoms in total. The Balaban J connectivity index is 0.00000112. The molecule has 2 rings (SSSR count). The van der Waals surface area contributed by atoms with Crippen LogP contribution in [0.4, 0.5) is 0 Å². The van der Waals surface area contributed by atoms with Crippen LogP contribution in [0.2, 0.25) is 0 Å². The van der Waals surface area contributed by atoms with Gasteiger partial charge in [0.05, 0.1) is 12.5 Å². The molecule has 0 radical (unpaired) electrons. The number of aliphatic carboxylic acids is 1. The maximum Gasteiger partial charge on any atom is 0.308 e. The van der Waals surface area contributed by atoms with Gasteiger partial charge in [-0.2, -0.15) is 5.10 Å². The summed E-state index contributed by atoms with van der Waals surface area (Å²) < 4.78 is 1.74. The summed E-state index contributed by atoms with van der Waals surface area (Å²) in [6.45, 7) is 2.47. The summed E-state index contributed by atoms with van der Waals surface area (Å²) in [5.41, 5.74) is 0. The van der Waals surface area contributed by atoms with Crippen LogP contribution in [-0.2, 0) is 24.2 Å². The Hall–Kier alpha value is -1.10. The molecule has 0 spiro atoms. The number of nitrogens with zero attached hydrogens (tertiary/aromatic N) is 3. The molecule has 6 heteroatoms. The highest BCUT2D eigenvalue weighted by Crippen LogP contribution is 2.18. The van der Waals surface area contributed by atoms with Crippen LogP contribution in [0.25, 0.3) is 0 Å². The van der Waals surface area contributed by atoms with E-state index in [-0.39, 0.29) is 18.3 Å². The number of halogens is 1. The number of carboxylic acid groups (broad SMARTS) is 1. The molecule has 0 aromatic carbocycles. The van der Waals surface area contributed by atoms with Gasteiger partial charge in [0.1, 0.15) is 5.82 Å². The van der Waals surface area contributed by atoms with Crippen LogP contribution >= 0.6 is 12.4 Å². The van der Waals surface area contributed by atoms with Crippen LogP contribution in [0.1, 0.15) is 25.0 Å². The zero-order chi connectivity index (χ0) is 10.1. The van der Waals surface area contributed by atoms with Crippen molar-refractivity contribution >= 4 is 18.4 Å². The molecule has 0 bridgehead atoms. The van der Waals surface area contributed by atoms with E-state index in [1.165, 1.54) is 0 Å². The SMILES string of the molecule is CCc1nc2n(n1)CC(C(=O)O)CC2.Cl. The van der Waals surface area contributed by atoms with Gasteiger partial charge in [-0.1, -0.05) is 6.92 Å². The Morgan fingerprint density at radius 3 is 3.00 bits per heavy atom. The van der Waals surface area contributed by atoms with Crippen LogP contribution in [0, 0.1) is 5.92 Å². The van der Waals surface area contributed by atoms with Crippen LogP contribution in [0.15, 0.2) is 0 Å². The third-order valence-electron chi connectivity index (χ3n) is 2.57. The first kappa shape index (κ1) is 12.0. The molecule has 84 valence electrons. The summed E-state index contributed by atoms with van der Waals surface area (Å²) in [6.07, 6.45) is 2.21. The highest BCUT2D eigenvalue weighted by molar-refractivity contribution is 5.85. The highest BCUT2D eigenvalue weighted by atomic mass is 35.5. The van der Waals surface area contributed by atoms with Gasteiger partial charge in [-0.15, -0.1) is 12.4 Å². The van der Waals surface area contributed by atoms with Crippen molar-refractivity contribution in [3.05, 3.63) is 11.6 Å². The number of carboxylic acids is 1. The second kappa shape index (κ2) is 4.61. The van der Waals surface area contributed by atoms with E-state index in [0.29, 0.717) is 13.0 Å². The van der Waals surface area contributed by atoms with E-state index >= 15 is 0 Å². The Morgan fingerprint density at radius 1 is 1.67 bits per heavy atom. The Bertz CT molecular complexity index is 364. The summed E-state index contributed by atoms with van der Waals surface area (Å²) >= 11 is 0. The minimum Gasteiger partial charge on any atom is -0.481 e. The summed E-state index contributed by atoms with van der Waals surface area (Å²) in [5.74, 6) is 0.712. The zero-order valence-electron chi connectivity index (χ0n) is 8.51. The number of aryl methyl sites for hydroxylation is 2. The van der Waals surface area contributed by atoms with Crippen molar-refractivity contribution < 1.29 is 9.90 Å². The predicted octanol–water partition coefficient (Wildman–Crippen LogP) is 0.909. The molecule has 0 aliphatic carbocycles. The monoisotopic (exact) mass is 231 g/mol. The van der Waals surface area contributed by atoms with Gasteiger partial charge >= 0.3 is 5.97 Å². The first-order chi connectivity index (χ1) is 6.70. The molecule has 0 amide bonds. The second-order valence-corrected chi connectivity index (χ2v) is 3.55. The molecule has 1 aliphatic rings. The van der Waals surface area contributed by atoms with Crippen LogP contribution in [0.5, 0.6) is 0 Å². The number of fused-ring (bicyclic) bond motifs is 1. The molecular weight excluding hydrogens is 218 g/mol. The molecule has 15 heavy (non-hydrogen) atoms. The van der Waals surface area contributed by atoms with Crippen molar-refractivity contribution in [2.24, 2.45) is 5.92 Å². The molecule has 0 fully saturated rings. The predicted molar refractivity (Wildman–Crippen MR) is 56.1 cm³/mol.